The van der Waals surface area contributed by atoms with E-state index in [2.05, 4.69) is 0 Å². The third-order valence-corrected chi connectivity index (χ3v) is 4.45. The number of hydrogen-bond acceptors (Lipinski definition) is 5. The largest absolute Gasteiger partial charge is 0.452 e. The molecular weight excluding hydrogens is 370 g/mol. The monoisotopic (exact) mass is 385 g/mol. The molecule has 1 fully saturated rings. The Kier molecular flexibility index (Phi) is 5.66. The van der Waals surface area contributed by atoms with Crippen molar-refractivity contribution in [2.75, 3.05) is 13.2 Å². The second kappa shape index (κ2) is 8.14. The average molecular weight is 386 g/mol. The summed E-state index contributed by atoms with van der Waals surface area (Å²) in [4.78, 5) is 49.8. The lowest BCUT2D eigenvalue weighted by Gasteiger charge is -2.14. The predicted octanol–water partition coefficient (Wildman–Crippen LogP) is 2.88. The quantitative estimate of drug-likeness (QED) is 0.584. The fourth-order valence-electron chi connectivity index (χ4n) is 2.81. The molecule has 1 saturated heterocycles. The van der Waals surface area contributed by atoms with Crippen LogP contribution in [0.2, 0.25) is 5.02 Å². The van der Waals surface area contributed by atoms with Crippen molar-refractivity contribution >= 4 is 35.2 Å². The molecule has 0 unspecified atom stereocenters. The summed E-state index contributed by atoms with van der Waals surface area (Å²) < 4.78 is 5.04. The molecular formula is C20H16ClNO5. The number of carbonyl (C=O) groups excluding carboxylic acids is 4. The third-order valence-electron chi connectivity index (χ3n) is 4.20. The Hall–Kier alpha value is -2.99. The van der Waals surface area contributed by atoms with Gasteiger partial charge in [0.1, 0.15) is 0 Å². The van der Waals surface area contributed by atoms with E-state index in [9.17, 15) is 19.2 Å². The zero-order chi connectivity index (χ0) is 19.4. The van der Waals surface area contributed by atoms with Gasteiger partial charge >= 0.3 is 5.97 Å². The molecule has 1 aliphatic rings. The number of halogens is 1. The number of hydrogen-bond donors (Lipinski definition) is 0. The van der Waals surface area contributed by atoms with Gasteiger partial charge in [0.05, 0.1) is 5.56 Å². The molecule has 0 aliphatic carbocycles. The van der Waals surface area contributed by atoms with Crippen LogP contribution in [-0.2, 0) is 14.3 Å². The number of likely N-dealkylation sites (tertiary alicyclic amines) is 1. The van der Waals surface area contributed by atoms with Crippen LogP contribution in [-0.4, -0.2) is 41.6 Å². The number of carbonyl (C=O) groups is 4. The second-order valence-corrected chi connectivity index (χ2v) is 6.44. The average Bonchev–Trinajstić information content (AvgIpc) is 3.12. The smallest absolute Gasteiger partial charge is 0.339 e. The van der Waals surface area contributed by atoms with Crippen LogP contribution in [0.1, 0.15) is 39.1 Å². The number of rotatable bonds is 5. The van der Waals surface area contributed by atoms with Gasteiger partial charge in [0.2, 0.25) is 5.91 Å². The van der Waals surface area contributed by atoms with Gasteiger partial charge in [0.15, 0.2) is 12.4 Å². The summed E-state index contributed by atoms with van der Waals surface area (Å²) in [7, 11) is 0. The van der Waals surface area contributed by atoms with Gasteiger partial charge < -0.3 is 4.74 Å². The maximum absolute atomic E-state index is 12.7. The molecule has 0 atom stereocenters. The zero-order valence-corrected chi connectivity index (χ0v) is 15.1. The zero-order valence-electron chi connectivity index (χ0n) is 14.3. The number of esters is 1. The molecule has 6 nitrogen and oxygen atoms in total. The van der Waals surface area contributed by atoms with Crippen LogP contribution >= 0.6 is 11.6 Å². The fourth-order valence-corrected chi connectivity index (χ4v) is 2.94. The molecule has 138 valence electrons. The molecule has 0 radical (unpaired) electrons. The van der Waals surface area contributed by atoms with Crippen molar-refractivity contribution in [3.05, 3.63) is 70.2 Å². The predicted molar refractivity (Wildman–Crippen MR) is 97.6 cm³/mol. The summed E-state index contributed by atoms with van der Waals surface area (Å²) in [5.74, 6) is -1.99. The van der Waals surface area contributed by atoms with Gasteiger partial charge in [-0.2, -0.15) is 0 Å². The van der Waals surface area contributed by atoms with Gasteiger partial charge in [0.25, 0.3) is 5.91 Å². The van der Waals surface area contributed by atoms with Crippen molar-refractivity contribution in [3.8, 4) is 0 Å². The second-order valence-electron chi connectivity index (χ2n) is 6.00. The molecule has 0 spiro atoms. The van der Waals surface area contributed by atoms with Crippen LogP contribution in [0.3, 0.4) is 0 Å². The first-order valence-electron chi connectivity index (χ1n) is 8.37. The molecule has 1 aliphatic heterocycles. The molecule has 2 amide bonds. The molecule has 27 heavy (non-hydrogen) atoms. The van der Waals surface area contributed by atoms with Crippen molar-refractivity contribution in [1.82, 2.24) is 4.90 Å². The molecule has 0 bridgehead atoms. The summed E-state index contributed by atoms with van der Waals surface area (Å²) in [5, 5.41) is 0.495. The molecule has 2 aromatic carbocycles. The highest BCUT2D eigenvalue weighted by Crippen LogP contribution is 2.18. The van der Waals surface area contributed by atoms with E-state index in [4.69, 9.17) is 16.3 Å². The van der Waals surface area contributed by atoms with Gasteiger partial charge in [-0.15, -0.1) is 0 Å². The normalized spacial score (nSPS) is 13.5. The van der Waals surface area contributed by atoms with Crippen LogP contribution in [0.25, 0.3) is 0 Å². The lowest BCUT2D eigenvalue weighted by Crippen LogP contribution is -2.35. The van der Waals surface area contributed by atoms with E-state index >= 15 is 0 Å². The van der Waals surface area contributed by atoms with Gasteiger partial charge in [-0.1, -0.05) is 29.8 Å². The van der Waals surface area contributed by atoms with E-state index in [1.807, 2.05) is 0 Å². The van der Waals surface area contributed by atoms with E-state index in [0.717, 1.165) is 4.90 Å². The maximum atomic E-state index is 12.7. The lowest BCUT2D eigenvalue weighted by molar-refractivity contribution is -0.143. The molecule has 0 N–H and O–H groups in total. The summed E-state index contributed by atoms with van der Waals surface area (Å²) in [6.07, 6.45) is 0.926. The van der Waals surface area contributed by atoms with Crippen molar-refractivity contribution in [1.29, 1.82) is 0 Å². The SMILES string of the molecule is O=C(OCC(=O)N1CCCC1=O)c1ccccc1C(=O)c1ccc(Cl)cc1. The van der Waals surface area contributed by atoms with Gasteiger partial charge in [-0.05, 0) is 36.8 Å². The lowest BCUT2D eigenvalue weighted by atomic mass is 9.98. The van der Waals surface area contributed by atoms with Crippen LogP contribution in [0.15, 0.2) is 48.5 Å². The summed E-state index contributed by atoms with van der Waals surface area (Å²) in [6.45, 7) is -0.213. The first-order valence-corrected chi connectivity index (χ1v) is 8.75. The minimum Gasteiger partial charge on any atom is -0.452 e. The Morgan fingerprint density at radius 2 is 1.67 bits per heavy atom. The third kappa shape index (κ3) is 4.23. The van der Waals surface area contributed by atoms with E-state index in [1.165, 1.54) is 12.1 Å². The Labute approximate surface area is 160 Å². The van der Waals surface area contributed by atoms with Crippen LogP contribution < -0.4 is 0 Å². The van der Waals surface area contributed by atoms with E-state index in [-0.39, 0.29) is 22.8 Å². The molecule has 1 heterocycles. The van der Waals surface area contributed by atoms with Crippen LogP contribution in [0, 0.1) is 0 Å². The minimum absolute atomic E-state index is 0.0537. The topological polar surface area (TPSA) is 80.8 Å². The maximum Gasteiger partial charge on any atom is 0.339 e. The highest BCUT2D eigenvalue weighted by atomic mass is 35.5. The van der Waals surface area contributed by atoms with Crippen molar-refractivity contribution in [3.63, 3.8) is 0 Å². The number of ether oxygens (including phenoxy) is 1. The van der Waals surface area contributed by atoms with E-state index in [0.29, 0.717) is 30.0 Å². The van der Waals surface area contributed by atoms with Gasteiger partial charge in [0, 0.05) is 29.1 Å². The van der Waals surface area contributed by atoms with Gasteiger partial charge in [-0.3, -0.25) is 19.3 Å². The van der Waals surface area contributed by atoms with Crippen molar-refractivity contribution < 1.29 is 23.9 Å². The Morgan fingerprint density at radius 3 is 2.30 bits per heavy atom. The molecule has 7 heteroatoms. The highest BCUT2D eigenvalue weighted by Gasteiger charge is 2.27. The van der Waals surface area contributed by atoms with Crippen LogP contribution in [0.4, 0.5) is 0 Å². The summed E-state index contributed by atoms with van der Waals surface area (Å²) >= 11 is 5.83. The van der Waals surface area contributed by atoms with E-state index < -0.39 is 18.5 Å². The Morgan fingerprint density at radius 1 is 1.00 bits per heavy atom. The van der Waals surface area contributed by atoms with Crippen molar-refractivity contribution in [2.24, 2.45) is 0 Å². The van der Waals surface area contributed by atoms with Crippen molar-refractivity contribution in [2.45, 2.75) is 12.8 Å². The van der Waals surface area contributed by atoms with Gasteiger partial charge in [-0.25, -0.2) is 4.79 Å². The fraction of sp³-hybridized carbons (Fsp3) is 0.200. The summed E-state index contributed by atoms with van der Waals surface area (Å²) in [5.41, 5.74) is 0.589. The molecule has 2 aromatic rings. The van der Waals surface area contributed by atoms with E-state index in [1.54, 1.807) is 36.4 Å². The molecule has 0 saturated carbocycles. The highest BCUT2D eigenvalue weighted by molar-refractivity contribution is 6.30. The standard InChI is InChI=1S/C20H16ClNO5/c21-14-9-7-13(8-10-14)19(25)15-4-1-2-5-16(15)20(26)27-12-18(24)22-11-3-6-17(22)23/h1-2,4-5,7-10H,3,6,11-12H2. The van der Waals surface area contributed by atoms with Crippen LogP contribution in [0.5, 0.6) is 0 Å². The number of imide groups is 1. The first kappa shape index (κ1) is 18.8. The molecule has 3 rings (SSSR count). The number of ketones is 1. The number of benzene rings is 2. The summed E-state index contributed by atoms with van der Waals surface area (Å²) in [6, 6.07) is 12.5. The minimum atomic E-state index is -0.798. The Balaban J connectivity index is 1.74. The number of nitrogens with zero attached hydrogens (tertiary/aromatic N) is 1. The Bertz CT molecular complexity index is 907. The first-order chi connectivity index (χ1) is 13.0. The number of amides is 2. The molecule has 0 aromatic heterocycles.